The largest absolute Gasteiger partial charge is 0.351 e. The predicted octanol–water partition coefficient (Wildman–Crippen LogP) is 4.94. The third-order valence-electron chi connectivity index (χ3n) is 3.66. The Labute approximate surface area is 159 Å². The average molecular weight is 390 g/mol. The number of halogens is 1. The van der Waals surface area contributed by atoms with Crippen molar-refractivity contribution < 1.29 is 9.59 Å². The second-order valence-electron chi connectivity index (χ2n) is 5.51. The number of hydrogen-bond donors (Lipinski definition) is 1. The van der Waals surface area contributed by atoms with Crippen molar-refractivity contribution in [3.8, 4) is 0 Å². The summed E-state index contributed by atoms with van der Waals surface area (Å²) in [4.78, 5) is 25.9. The quantitative estimate of drug-likeness (QED) is 0.581. The van der Waals surface area contributed by atoms with Crippen LogP contribution in [-0.4, -0.2) is 11.7 Å². The molecule has 128 valence electrons. The van der Waals surface area contributed by atoms with Gasteiger partial charge in [0.1, 0.15) is 0 Å². The number of carbonyl (C=O) groups excluding carboxylic acids is 2. The predicted molar refractivity (Wildman–Crippen MR) is 104 cm³/mol. The number of benzene rings is 1. The van der Waals surface area contributed by atoms with E-state index in [0.717, 1.165) is 10.4 Å². The molecule has 3 nitrogen and oxygen atoms in total. The van der Waals surface area contributed by atoms with Gasteiger partial charge in [-0.15, -0.1) is 11.3 Å². The molecule has 0 fully saturated rings. The lowest BCUT2D eigenvalue weighted by Gasteiger charge is -2.04. The number of aryl methyl sites for hydroxylation is 1. The average Bonchev–Trinajstić information content (AvgIpc) is 3.29. The summed E-state index contributed by atoms with van der Waals surface area (Å²) in [6, 6.07) is 13.1. The molecule has 2 aromatic heterocycles. The van der Waals surface area contributed by atoms with Crippen molar-refractivity contribution in [2.24, 2.45) is 0 Å². The number of rotatable bonds is 7. The summed E-state index contributed by atoms with van der Waals surface area (Å²) < 4.78 is 0. The van der Waals surface area contributed by atoms with Crippen molar-refractivity contribution in [2.45, 2.75) is 19.4 Å². The van der Waals surface area contributed by atoms with Gasteiger partial charge in [0.15, 0.2) is 0 Å². The van der Waals surface area contributed by atoms with E-state index in [1.807, 2.05) is 53.2 Å². The maximum Gasteiger partial charge on any atom is 0.220 e. The molecule has 0 saturated carbocycles. The molecule has 1 amide bonds. The molecule has 0 unspecified atom stereocenters. The van der Waals surface area contributed by atoms with Gasteiger partial charge in [-0.3, -0.25) is 9.59 Å². The first-order valence-electron chi connectivity index (χ1n) is 7.78. The van der Waals surface area contributed by atoms with Gasteiger partial charge in [0.05, 0.1) is 11.4 Å². The SMILES string of the molecule is O=C(CCc1cccc(Cl)c1)NCc1ccc(C(=O)c2ccsc2)s1. The Morgan fingerprint density at radius 1 is 1.12 bits per heavy atom. The molecule has 0 saturated heterocycles. The van der Waals surface area contributed by atoms with Crippen molar-refractivity contribution in [1.29, 1.82) is 0 Å². The zero-order valence-electron chi connectivity index (χ0n) is 13.3. The van der Waals surface area contributed by atoms with E-state index in [2.05, 4.69) is 5.32 Å². The minimum Gasteiger partial charge on any atom is -0.351 e. The first-order chi connectivity index (χ1) is 12.1. The number of carbonyl (C=O) groups is 2. The fourth-order valence-corrected chi connectivity index (χ4v) is 4.11. The lowest BCUT2D eigenvalue weighted by molar-refractivity contribution is -0.121. The van der Waals surface area contributed by atoms with Crippen LogP contribution >= 0.6 is 34.3 Å². The maximum atomic E-state index is 12.3. The van der Waals surface area contributed by atoms with E-state index in [9.17, 15) is 9.59 Å². The number of ketones is 1. The Hall–Kier alpha value is -1.95. The van der Waals surface area contributed by atoms with Crippen LogP contribution in [0, 0.1) is 0 Å². The summed E-state index contributed by atoms with van der Waals surface area (Å²) in [6.07, 6.45) is 1.06. The Balaban J connectivity index is 1.48. The van der Waals surface area contributed by atoms with Gasteiger partial charge in [0.2, 0.25) is 11.7 Å². The molecule has 1 aromatic carbocycles. The summed E-state index contributed by atoms with van der Waals surface area (Å²) in [7, 11) is 0. The van der Waals surface area contributed by atoms with Gasteiger partial charge in [-0.1, -0.05) is 23.7 Å². The van der Waals surface area contributed by atoms with Crippen molar-refractivity contribution in [1.82, 2.24) is 5.32 Å². The minimum atomic E-state index is -0.0147. The Bertz CT molecular complexity index is 871. The van der Waals surface area contributed by atoms with Gasteiger partial charge in [0, 0.05) is 27.3 Å². The molecular formula is C19H16ClNO2S2. The summed E-state index contributed by atoms with van der Waals surface area (Å²) in [6.45, 7) is 0.440. The molecule has 25 heavy (non-hydrogen) atoms. The minimum absolute atomic E-state index is 0.0147. The van der Waals surface area contributed by atoms with Gasteiger partial charge >= 0.3 is 0 Å². The van der Waals surface area contributed by atoms with E-state index in [1.54, 1.807) is 0 Å². The summed E-state index contributed by atoms with van der Waals surface area (Å²) in [5.74, 6) is 0.0175. The molecule has 0 atom stereocenters. The second kappa shape index (κ2) is 8.43. The molecule has 6 heteroatoms. The molecular weight excluding hydrogens is 374 g/mol. The van der Waals surface area contributed by atoms with E-state index in [-0.39, 0.29) is 11.7 Å². The first-order valence-corrected chi connectivity index (χ1v) is 9.92. The third-order valence-corrected chi connectivity index (χ3v) is 5.66. The van der Waals surface area contributed by atoms with Crippen molar-refractivity contribution in [3.05, 3.63) is 79.1 Å². The molecule has 0 aliphatic rings. The van der Waals surface area contributed by atoms with Crippen LogP contribution in [-0.2, 0) is 17.8 Å². The van der Waals surface area contributed by atoms with E-state index in [0.29, 0.717) is 34.8 Å². The van der Waals surface area contributed by atoms with E-state index in [1.165, 1.54) is 22.7 Å². The topological polar surface area (TPSA) is 46.2 Å². The number of thiophene rings is 2. The fraction of sp³-hybridized carbons (Fsp3) is 0.158. The van der Waals surface area contributed by atoms with Gasteiger partial charge < -0.3 is 5.32 Å². The lowest BCUT2D eigenvalue weighted by Crippen LogP contribution is -2.22. The smallest absolute Gasteiger partial charge is 0.220 e. The number of nitrogens with one attached hydrogen (secondary N) is 1. The number of amides is 1. The second-order valence-corrected chi connectivity index (χ2v) is 7.90. The number of hydrogen-bond acceptors (Lipinski definition) is 4. The molecule has 3 aromatic rings. The van der Waals surface area contributed by atoms with Crippen LogP contribution in [0.5, 0.6) is 0 Å². The Morgan fingerprint density at radius 2 is 2.00 bits per heavy atom. The Morgan fingerprint density at radius 3 is 2.76 bits per heavy atom. The van der Waals surface area contributed by atoms with Crippen LogP contribution in [0.15, 0.2) is 53.2 Å². The molecule has 3 rings (SSSR count). The van der Waals surface area contributed by atoms with Gasteiger partial charge in [-0.05, 0) is 47.7 Å². The lowest BCUT2D eigenvalue weighted by atomic mass is 10.1. The molecule has 2 heterocycles. The van der Waals surface area contributed by atoms with E-state index < -0.39 is 0 Å². The van der Waals surface area contributed by atoms with Gasteiger partial charge in [0.25, 0.3) is 0 Å². The summed E-state index contributed by atoms with van der Waals surface area (Å²) >= 11 is 8.87. The molecule has 0 aliphatic heterocycles. The van der Waals surface area contributed by atoms with Gasteiger partial charge in [-0.25, -0.2) is 0 Å². The molecule has 1 N–H and O–H groups in total. The van der Waals surface area contributed by atoms with Gasteiger partial charge in [-0.2, -0.15) is 11.3 Å². The molecule has 0 aliphatic carbocycles. The molecule has 0 spiro atoms. The standard InChI is InChI=1S/C19H16ClNO2S2/c20-15-3-1-2-13(10-15)4-7-18(22)21-11-16-5-6-17(25-16)19(23)14-8-9-24-12-14/h1-3,5-6,8-10,12H,4,7,11H2,(H,21,22). The van der Waals surface area contributed by atoms with E-state index >= 15 is 0 Å². The van der Waals surface area contributed by atoms with Crippen molar-refractivity contribution in [2.75, 3.05) is 0 Å². The molecule has 0 bridgehead atoms. The summed E-state index contributed by atoms with van der Waals surface area (Å²) in [5, 5.41) is 7.32. The maximum absolute atomic E-state index is 12.3. The van der Waals surface area contributed by atoms with Crippen LogP contribution < -0.4 is 5.32 Å². The highest BCUT2D eigenvalue weighted by Crippen LogP contribution is 2.21. The van der Waals surface area contributed by atoms with E-state index in [4.69, 9.17) is 11.6 Å². The molecule has 0 radical (unpaired) electrons. The van der Waals surface area contributed by atoms with Crippen molar-refractivity contribution >= 4 is 46.0 Å². The summed E-state index contributed by atoms with van der Waals surface area (Å²) in [5.41, 5.74) is 1.76. The Kier molecular flexibility index (Phi) is 6.02. The highest BCUT2D eigenvalue weighted by molar-refractivity contribution is 7.14. The highest BCUT2D eigenvalue weighted by Gasteiger charge is 2.12. The zero-order chi connectivity index (χ0) is 17.6. The van der Waals surface area contributed by atoms with Crippen LogP contribution in [0.4, 0.5) is 0 Å². The van der Waals surface area contributed by atoms with Crippen LogP contribution in [0.1, 0.15) is 32.1 Å². The monoisotopic (exact) mass is 389 g/mol. The van der Waals surface area contributed by atoms with Crippen LogP contribution in [0.25, 0.3) is 0 Å². The van der Waals surface area contributed by atoms with Crippen LogP contribution in [0.3, 0.4) is 0 Å². The van der Waals surface area contributed by atoms with Crippen LogP contribution in [0.2, 0.25) is 5.02 Å². The normalized spacial score (nSPS) is 10.6. The first kappa shape index (κ1) is 17.9. The third kappa shape index (κ3) is 5.01. The highest BCUT2D eigenvalue weighted by atomic mass is 35.5. The van der Waals surface area contributed by atoms with Crippen molar-refractivity contribution in [3.63, 3.8) is 0 Å². The zero-order valence-corrected chi connectivity index (χ0v) is 15.7. The fourth-order valence-electron chi connectivity index (χ4n) is 2.36.